The molecule has 0 unspecified atom stereocenters. The van der Waals surface area contributed by atoms with Gasteiger partial charge in [-0.1, -0.05) is 78.9 Å². The summed E-state index contributed by atoms with van der Waals surface area (Å²) in [6, 6.07) is 28.3. The Morgan fingerprint density at radius 2 is 1.13 bits per heavy atom. The highest BCUT2D eigenvalue weighted by Crippen LogP contribution is 2.23. The fraction of sp³-hybridized carbons (Fsp3) is 0. The number of carbonyl (C=O) groups excluding carboxylic acids is 1. The molecular formula is C23H18N4O3S. The zero-order valence-electron chi connectivity index (χ0n) is 16.3. The third-order valence-corrected chi connectivity index (χ3v) is 5.68. The molecular weight excluding hydrogens is 412 g/mol. The molecule has 0 saturated carbocycles. The Balaban J connectivity index is 1.66. The summed E-state index contributed by atoms with van der Waals surface area (Å²) in [6.07, 6.45) is 0. The molecule has 0 spiro atoms. The lowest BCUT2D eigenvalue weighted by Crippen LogP contribution is -2.42. The van der Waals surface area contributed by atoms with Crippen molar-refractivity contribution in [2.45, 2.75) is 4.90 Å². The van der Waals surface area contributed by atoms with Crippen LogP contribution in [0.4, 0.5) is 0 Å². The van der Waals surface area contributed by atoms with Crippen LogP contribution in [0, 0.1) is 0 Å². The van der Waals surface area contributed by atoms with Crippen molar-refractivity contribution in [3.63, 3.8) is 0 Å². The Kier molecular flexibility index (Phi) is 5.83. The van der Waals surface area contributed by atoms with Gasteiger partial charge in [0, 0.05) is 11.1 Å². The predicted molar refractivity (Wildman–Crippen MR) is 117 cm³/mol. The van der Waals surface area contributed by atoms with Crippen LogP contribution in [0.1, 0.15) is 10.6 Å². The third-order valence-electron chi connectivity index (χ3n) is 4.42. The molecule has 4 aromatic rings. The maximum Gasteiger partial charge on any atom is 0.304 e. The quantitative estimate of drug-likeness (QED) is 0.457. The normalized spacial score (nSPS) is 11.1. The van der Waals surface area contributed by atoms with Crippen molar-refractivity contribution >= 4 is 15.9 Å². The molecule has 31 heavy (non-hydrogen) atoms. The molecule has 0 aliphatic rings. The third kappa shape index (κ3) is 4.82. The summed E-state index contributed by atoms with van der Waals surface area (Å²) in [7, 11) is -3.93. The summed E-state index contributed by atoms with van der Waals surface area (Å²) < 4.78 is 24.8. The summed E-state index contributed by atoms with van der Waals surface area (Å²) in [4.78, 5) is 23.5. The van der Waals surface area contributed by atoms with E-state index in [1.165, 1.54) is 12.1 Å². The van der Waals surface area contributed by atoms with Crippen LogP contribution in [-0.2, 0) is 10.0 Å². The van der Waals surface area contributed by atoms with E-state index in [0.717, 1.165) is 11.1 Å². The number of benzene rings is 3. The van der Waals surface area contributed by atoms with Crippen molar-refractivity contribution in [2.75, 3.05) is 0 Å². The topological polar surface area (TPSA) is 101 Å². The Bertz CT molecular complexity index is 1240. The summed E-state index contributed by atoms with van der Waals surface area (Å²) in [5.74, 6) is -0.926. The van der Waals surface area contributed by atoms with Crippen molar-refractivity contribution < 1.29 is 13.2 Å². The first-order valence-electron chi connectivity index (χ1n) is 9.40. The molecule has 0 saturated heterocycles. The smallest absolute Gasteiger partial charge is 0.271 e. The summed E-state index contributed by atoms with van der Waals surface area (Å²) in [5, 5.41) is 0. The second-order valence-electron chi connectivity index (χ2n) is 6.57. The van der Waals surface area contributed by atoms with Crippen LogP contribution in [0.3, 0.4) is 0 Å². The maximum absolute atomic E-state index is 12.7. The lowest BCUT2D eigenvalue weighted by Gasteiger charge is -2.10. The van der Waals surface area contributed by atoms with Crippen LogP contribution >= 0.6 is 0 Å². The predicted octanol–water partition coefficient (Wildman–Crippen LogP) is 3.43. The van der Waals surface area contributed by atoms with Crippen LogP contribution in [-0.4, -0.2) is 24.3 Å². The molecule has 4 rings (SSSR count). The molecule has 0 radical (unpaired) electrons. The molecule has 2 N–H and O–H groups in total. The van der Waals surface area contributed by atoms with Gasteiger partial charge in [0.2, 0.25) is 5.82 Å². The van der Waals surface area contributed by atoms with Crippen molar-refractivity contribution in [3.8, 4) is 22.5 Å². The van der Waals surface area contributed by atoms with Crippen LogP contribution < -0.4 is 10.3 Å². The first-order chi connectivity index (χ1) is 15.0. The van der Waals surface area contributed by atoms with Gasteiger partial charge in [-0.05, 0) is 18.2 Å². The Hall–Kier alpha value is -3.88. The Morgan fingerprint density at radius 1 is 0.677 bits per heavy atom. The van der Waals surface area contributed by atoms with E-state index in [0.29, 0.717) is 11.4 Å². The minimum Gasteiger partial charge on any atom is -0.271 e. The molecule has 1 heterocycles. The zero-order valence-corrected chi connectivity index (χ0v) is 17.1. The van der Waals surface area contributed by atoms with Gasteiger partial charge in [-0.15, -0.1) is 4.83 Å². The molecule has 0 atom stereocenters. The minimum absolute atomic E-state index is 0.0271. The molecule has 7 nitrogen and oxygen atoms in total. The van der Waals surface area contributed by atoms with Gasteiger partial charge >= 0.3 is 5.91 Å². The lowest BCUT2D eigenvalue weighted by atomic mass is 10.1. The van der Waals surface area contributed by atoms with E-state index in [1.54, 1.807) is 24.3 Å². The van der Waals surface area contributed by atoms with Crippen LogP contribution in [0.25, 0.3) is 22.5 Å². The molecule has 0 aliphatic carbocycles. The molecule has 3 aromatic carbocycles. The van der Waals surface area contributed by atoms with Gasteiger partial charge in [0.15, 0.2) is 0 Å². The number of amides is 1. The van der Waals surface area contributed by atoms with E-state index in [9.17, 15) is 13.2 Å². The molecule has 0 aliphatic heterocycles. The number of hydrogen-bond acceptors (Lipinski definition) is 5. The van der Waals surface area contributed by atoms with Gasteiger partial charge in [-0.25, -0.2) is 18.4 Å². The van der Waals surface area contributed by atoms with E-state index in [-0.39, 0.29) is 10.7 Å². The highest BCUT2D eigenvalue weighted by atomic mass is 32.2. The van der Waals surface area contributed by atoms with Gasteiger partial charge in [-0.2, -0.15) is 0 Å². The number of sulfonamides is 1. The largest absolute Gasteiger partial charge is 0.304 e. The van der Waals surface area contributed by atoms with E-state index < -0.39 is 15.9 Å². The maximum atomic E-state index is 12.7. The molecule has 154 valence electrons. The van der Waals surface area contributed by atoms with Crippen LogP contribution in [0.15, 0.2) is 102 Å². The van der Waals surface area contributed by atoms with Crippen LogP contribution in [0.5, 0.6) is 0 Å². The highest BCUT2D eigenvalue weighted by molar-refractivity contribution is 7.89. The first kappa shape index (κ1) is 20.4. The lowest BCUT2D eigenvalue weighted by molar-refractivity contribution is 0.0935. The van der Waals surface area contributed by atoms with Gasteiger partial charge in [-0.3, -0.25) is 10.2 Å². The van der Waals surface area contributed by atoms with Gasteiger partial charge in [0.05, 0.1) is 16.3 Å². The molecule has 1 amide bonds. The van der Waals surface area contributed by atoms with Crippen molar-refractivity contribution in [2.24, 2.45) is 0 Å². The number of rotatable bonds is 6. The van der Waals surface area contributed by atoms with Crippen molar-refractivity contribution in [1.82, 2.24) is 20.2 Å². The van der Waals surface area contributed by atoms with Crippen molar-refractivity contribution in [1.29, 1.82) is 0 Å². The number of hydrogen-bond donors (Lipinski definition) is 2. The zero-order chi connectivity index (χ0) is 21.7. The molecule has 1 aromatic heterocycles. The average Bonchev–Trinajstić information content (AvgIpc) is 2.84. The Labute approximate surface area is 179 Å². The summed E-state index contributed by atoms with van der Waals surface area (Å²) in [6.45, 7) is 0. The van der Waals surface area contributed by atoms with Gasteiger partial charge in [0.1, 0.15) is 0 Å². The number of carbonyl (C=O) groups is 1. The molecule has 0 bridgehead atoms. The average molecular weight is 430 g/mol. The fourth-order valence-corrected chi connectivity index (χ4v) is 3.75. The van der Waals surface area contributed by atoms with E-state index >= 15 is 0 Å². The summed E-state index contributed by atoms with van der Waals surface area (Å²) in [5.41, 5.74) is 4.90. The number of aromatic nitrogens is 2. The number of hydrazine groups is 1. The SMILES string of the molecule is O=C(NNS(=O)(=O)c1ccccc1)c1nc(-c2ccccc2)cc(-c2ccccc2)n1. The standard InChI is InChI=1S/C23H18N4O3S/c28-23(26-27-31(29,30)19-14-8-3-9-15-19)22-24-20(17-10-4-1-5-11-17)16-21(25-22)18-12-6-2-7-13-18/h1-16,27H,(H,26,28). The van der Waals surface area contributed by atoms with E-state index in [2.05, 4.69) is 20.2 Å². The number of nitrogens with zero attached hydrogens (tertiary/aromatic N) is 2. The fourth-order valence-electron chi connectivity index (χ4n) is 2.89. The monoisotopic (exact) mass is 430 g/mol. The number of nitrogens with one attached hydrogen (secondary N) is 2. The highest BCUT2D eigenvalue weighted by Gasteiger charge is 2.18. The first-order valence-corrected chi connectivity index (χ1v) is 10.9. The van der Waals surface area contributed by atoms with Crippen molar-refractivity contribution in [3.05, 3.63) is 103 Å². The minimum atomic E-state index is -3.93. The van der Waals surface area contributed by atoms with Gasteiger partial charge in [0.25, 0.3) is 10.0 Å². The Morgan fingerprint density at radius 3 is 1.61 bits per heavy atom. The second-order valence-corrected chi connectivity index (χ2v) is 8.25. The van der Waals surface area contributed by atoms with Crippen LogP contribution in [0.2, 0.25) is 0 Å². The molecule has 8 heteroatoms. The summed E-state index contributed by atoms with van der Waals surface area (Å²) >= 11 is 0. The second kappa shape index (κ2) is 8.86. The van der Waals surface area contributed by atoms with E-state index in [1.807, 2.05) is 60.7 Å². The molecule has 0 fully saturated rings. The van der Waals surface area contributed by atoms with E-state index in [4.69, 9.17) is 0 Å². The van der Waals surface area contributed by atoms with Gasteiger partial charge < -0.3 is 0 Å².